The van der Waals surface area contributed by atoms with Gasteiger partial charge in [0.05, 0.1) is 12.6 Å². The molecule has 35 heavy (non-hydrogen) atoms. The molecular formula is C25H36N4O6. The van der Waals surface area contributed by atoms with Gasteiger partial charge in [0.2, 0.25) is 0 Å². The van der Waals surface area contributed by atoms with Crippen molar-refractivity contribution in [3.63, 3.8) is 0 Å². The SMILES string of the molecule is CC(C)(C)C1[C@H](CONC(=O)[C@@H]2CC[C@@H]3CN2C(=O)N3OCc2ccccc2)CCCN1C(=O)O. The Labute approximate surface area is 206 Å². The zero-order valence-corrected chi connectivity index (χ0v) is 20.7. The van der Waals surface area contributed by atoms with E-state index in [0.29, 0.717) is 32.5 Å². The fraction of sp³-hybridized carbons (Fsp3) is 0.640. The maximum absolute atomic E-state index is 12.9. The van der Waals surface area contributed by atoms with Crippen LogP contribution in [-0.2, 0) is 21.1 Å². The number of fused-ring (bicyclic) bond motifs is 2. The number of piperidine rings is 2. The van der Waals surface area contributed by atoms with E-state index >= 15 is 0 Å². The molecule has 1 aromatic carbocycles. The molecule has 0 spiro atoms. The minimum Gasteiger partial charge on any atom is -0.465 e. The second-order valence-corrected chi connectivity index (χ2v) is 10.7. The summed E-state index contributed by atoms with van der Waals surface area (Å²) in [5.74, 6) is -0.397. The van der Waals surface area contributed by atoms with Crippen molar-refractivity contribution in [3.8, 4) is 0 Å². The van der Waals surface area contributed by atoms with Crippen LogP contribution in [0.25, 0.3) is 0 Å². The van der Waals surface area contributed by atoms with Gasteiger partial charge in [0.1, 0.15) is 12.6 Å². The van der Waals surface area contributed by atoms with E-state index in [4.69, 9.17) is 9.68 Å². The van der Waals surface area contributed by atoms with Gasteiger partial charge in [-0.2, -0.15) is 5.06 Å². The highest BCUT2D eigenvalue weighted by molar-refractivity contribution is 5.88. The molecule has 0 aromatic heterocycles. The van der Waals surface area contributed by atoms with Gasteiger partial charge in [0.25, 0.3) is 5.91 Å². The predicted octanol–water partition coefficient (Wildman–Crippen LogP) is 3.24. The van der Waals surface area contributed by atoms with Gasteiger partial charge in [0, 0.05) is 25.0 Å². The van der Waals surface area contributed by atoms with Crippen LogP contribution in [0.15, 0.2) is 30.3 Å². The van der Waals surface area contributed by atoms with E-state index in [1.54, 1.807) is 4.90 Å². The Morgan fingerprint density at radius 2 is 1.89 bits per heavy atom. The molecule has 1 aromatic rings. The average Bonchev–Trinajstić information content (AvgIpc) is 3.06. The van der Waals surface area contributed by atoms with Crippen molar-refractivity contribution in [2.75, 3.05) is 19.7 Å². The smallest absolute Gasteiger partial charge is 0.407 e. The maximum Gasteiger partial charge on any atom is 0.407 e. The molecule has 3 heterocycles. The van der Waals surface area contributed by atoms with Crippen molar-refractivity contribution >= 4 is 18.0 Å². The van der Waals surface area contributed by atoms with E-state index in [0.717, 1.165) is 18.4 Å². The van der Waals surface area contributed by atoms with Crippen LogP contribution in [0.2, 0.25) is 0 Å². The van der Waals surface area contributed by atoms with E-state index in [-0.39, 0.29) is 42.0 Å². The summed E-state index contributed by atoms with van der Waals surface area (Å²) in [6.45, 7) is 7.51. The standard InChI is InChI=1S/C25H36N4O6/c1-25(2,3)21-18(10-7-13-27(21)24(32)33)16-34-26-22(30)20-12-11-19-14-28(20)23(31)29(19)35-15-17-8-5-4-6-9-17/h4-6,8-9,18-21H,7,10-16H2,1-3H3,(H,26,30)(H,32,33)/t18-,19+,20-,21?/m0/s1. The summed E-state index contributed by atoms with van der Waals surface area (Å²) >= 11 is 0. The van der Waals surface area contributed by atoms with Crippen LogP contribution in [0.5, 0.6) is 0 Å². The van der Waals surface area contributed by atoms with E-state index in [2.05, 4.69) is 5.48 Å². The van der Waals surface area contributed by atoms with Gasteiger partial charge >= 0.3 is 12.1 Å². The molecule has 4 rings (SSSR count). The monoisotopic (exact) mass is 488 g/mol. The Bertz CT molecular complexity index is 920. The molecule has 4 amide bonds. The lowest BCUT2D eigenvalue weighted by Crippen LogP contribution is -2.56. The number of carbonyl (C=O) groups is 3. The number of amides is 4. The molecule has 3 aliphatic heterocycles. The molecule has 10 nitrogen and oxygen atoms in total. The van der Waals surface area contributed by atoms with Gasteiger partial charge in [-0.25, -0.2) is 15.1 Å². The topological polar surface area (TPSA) is 112 Å². The molecule has 3 saturated heterocycles. The fourth-order valence-corrected chi connectivity index (χ4v) is 5.72. The Balaban J connectivity index is 1.30. The number of hydroxylamine groups is 3. The summed E-state index contributed by atoms with van der Waals surface area (Å²) in [6.07, 6.45) is 1.84. The lowest BCUT2D eigenvalue weighted by atomic mass is 9.74. The van der Waals surface area contributed by atoms with Gasteiger partial charge < -0.3 is 14.9 Å². The first kappa shape index (κ1) is 25.2. The molecule has 3 aliphatic rings. The lowest BCUT2D eigenvalue weighted by Gasteiger charge is -2.46. The number of hydrogen-bond acceptors (Lipinski definition) is 5. The summed E-state index contributed by atoms with van der Waals surface area (Å²) in [6, 6.07) is 8.43. The quantitative estimate of drug-likeness (QED) is 0.570. The van der Waals surface area contributed by atoms with Crippen molar-refractivity contribution in [1.29, 1.82) is 0 Å². The highest BCUT2D eigenvalue weighted by Gasteiger charge is 2.48. The molecule has 4 atom stereocenters. The first-order valence-electron chi connectivity index (χ1n) is 12.3. The molecule has 1 unspecified atom stereocenters. The Morgan fingerprint density at radius 1 is 1.14 bits per heavy atom. The van der Waals surface area contributed by atoms with Crippen LogP contribution in [0.1, 0.15) is 52.0 Å². The average molecular weight is 489 g/mol. The summed E-state index contributed by atoms with van der Waals surface area (Å²) < 4.78 is 0. The number of hydrogen-bond donors (Lipinski definition) is 2. The molecule has 2 N–H and O–H groups in total. The van der Waals surface area contributed by atoms with E-state index in [9.17, 15) is 19.5 Å². The van der Waals surface area contributed by atoms with Gasteiger partial charge in [-0.3, -0.25) is 14.5 Å². The van der Waals surface area contributed by atoms with Gasteiger partial charge in [-0.05, 0) is 36.7 Å². The molecule has 10 heteroatoms. The molecule has 0 radical (unpaired) electrons. The third-order valence-electron chi connectivity index (χ3n) is 7.20. The van der Waals surface area contributed by atoms with Gasteiger partial charge in [-0.1, -0.05) is 51.1 Å². The number of urea groups is 1. The summed E-state index contributed by atoms with van der Waals surface area (Å²) in [4.78, 5) is 52.1. The van der Waals surface area contributed by atoms with Crippen molar-refractivity contribution in [1.82, 2.24) is 20.3 Å². The van der Waals surface area contributed by atoms with Gasteiger partial charge in [0.15, 0.2) is 0 Å². The highest BCUT2D eigenvalue weighted by atomic mass is 16.7. The van der Waals surface area contributed by atoms with E-state index in [1.807, 2.05) is 51.1 Å². The predicted molar refractivity (Wildman–Crippen MR) is 127 cm³/mol. The molecule has 0 aliphatic carbocycles. The normalized spacial score (nSPS) is 26.7. The zero-order valence-electron chi connectivity index (χ0n) is 20.7. The number of nitrogens with zero attached hydrogens (tertiary/aromatic N) is 3. The fourth-order valence-electron chi connectivity index (χ4n) is 5.72. The van der Waals surface area contributed by atoms with Crippen LogP contribution in [0, 0.1) is 11.3 Å². The van der Waals surface area contributed by atoms with Crippen LogP contribution < -0.4 is 5.48 Å². The number of carbonyl (C=O) groups excluding carboxylic acids is 2. The lowest BCUT2D eigenvalue weighted by molar-refractivity contribution is -0.142. The van der Waals surface area contributed by atoms with Crippen LogP contribution in [-0.4, -0.2) is 75.8 Å². The minimum absolute atomic E-state index is 0.0359. The highest BCUT2D eigenvalue weighted by Crippen LogP contribution is 2.36. The second kappa shape index (κ2) is 10.4. The third kappa shape index (κ3) is 5.54. The number of carboxylic acid groups (broad SMARTS) is 1. The molecule has 2 bridgehead atoms. The van der Waals surface area contributed by atoms with E-state index < -0.39 is 12.1 Å². The number of rotatable bonds is 7. The Hall–Kier alpha value is -2.85. The molecule has 192 valence electrons. The third-order valence-corrected chi connectivity index (χ3v) is 7.20. The largest absolute Gasteiger partial charge is 0.465 e. The second-order valence-electron chi connectivity index (χ2n) is 10.7. The number of nitrogens with one attached hydrogen (secondary N) is 1. The van der Waals surface area contributed by atoms with Crippen molar-refractivity contribution < 1.29 is 29.2 Å². The summed E-state index contributed by atoms with van der Waals surface area (Å²) in [5, 5.41) is 11.0. The maximum atomic E-state index is 12.9. The minimum atomic E-state index is -0.929. The number of likely N-dealkylation sites (tertiary alicyclic amines) is 1. The molecule has 0 saturated carbocycles. The number of benzene rings is 1. The zero-order chi connectivity index (χ0) is 25.2. The Kier molecular flexibility index (Phi) is 7.51. The summed E-state index contributed by atoms with van der Waals surface area (Å²) in [7, 11) is 0. The van der Waals surface area contributed by atoms with Gasteiger partial charge in [-0.15, -0.1) is 0 Å². The van der Waals surface area contributed by atoms with E-state index in [1.165, 1.54) is 9.96 Å². The van der Waals surface area contributed by atoms with Crippen LogP contribution in [0.3, 0.4) is 0 Å². The molecular weight excluding hydrogens is 452 g/mol. The van der Waals surface area contributed by atoms with Crippen molar-refractivity contribution in [3.05, 3.63) is 35.9 Å². The van der Waals surface area contributed by atoms with Crippen LogP contribution >= 0.6 is 0 Å². The van der Waals surface area contributed by atoms with Crippen molar-refractivity contribution in [2.45, 2.75) is 71.2 Å². The summed E-state index contributed by atoms with van der Waals surface area (Å²) in [5.41, 5.74) is 3.24. The first-order chi connectivity index (χ1) is 16.7. The first-order valence-corrected chi connectivity index (χ1v) is 12.3. The van der Waals surface area contributed by atoms with Crippen LogP contribution in [0.4, 0.5) is 9.59 Å². The Morgan fingerprint density at radius 3 is 2.57 bits per heavy atom. The van der Waals surface area contributed by atoms with Crippen molar-refractivity contribution in [2.24, 2.45) is 11.3 Å². The molecule has 3 fully saturated rings.